The van der Waals surface area contributed by atoms with Crippen molar-refractivity contribution in [3.05, 3.63) is 58.4 Å². The smallest absolute Gasteiger partial charge is 0.143 e. The number of ether oxygens (including phenoxy) is 1. The molecule has 0 spiro atoms. The van der Waals surface area contributed by atoms with Gasteiger partial charge < -0.3 is 10.1 Å². The summed E-state index contributed by atoms with van der Waals surface area (Å²) >= 11 is 5.90. The van der Waals surface area contributed by atoms with Crippen LogP contribution in [0.1, 0.15) is 11.1 Å². The van der Waals surface area contributed by atoms with Crippen LogP contribution in [0.5, 0.6) is 5.75 Å². The zero-order valence-electron chi connectivity index (χ0n) is 10.8. The van der Waals surface area contributed by atoms with Gasteiger partial charge in [0, 0.05) is 6.54 Å². The molecule has 3 nitrogen and oxygen atoms in total. The van der Waals surface area contributed by atoms with Gasteiger partial charge in [-0.25, -0.2) is 4.39 Å². The number of hydrogen-bond donors (Lipinski definition) is 1. The lowest BCUT2D eigenvalue weighted by Crippen LogP contribution is -2.04. The number of rotatable bonds is 4. The third kappa shape index (κ3) is 2.84. The summed E-state index contributed by atoms with van der Waals surface area (Å²) in [5.41, 5.74) is 1.64. The normalized spacial score (nSPS) is 9.90. The second kappa shape index (κ2) is 6.27. The van der Waals surface area contributed by atoms with Crippen LogP contribution in [0.25, 0.3) is 0 Å². The molecule has 2 aromatic rings. The largest absolute Gasteiger partial charge is 0.495 e. The fourth-order valence-electron chi connectivity index (χ4n) is 1.85. The van der Waals surface area contributed by atoms with Crippen LogP contribution in [0.3, 0.4) is 0 Å². The van der Waals surface area contributed by atoms with Gasteiger partial charge in [-0.2, -0.15) is 5.26 Å². The summed E-state index contributed by atoms with van der Waals surface area (Å²) in [6.07, 6.45) is 0. The van der Waals surface area contributed by atoms with Gasteiger partial charge in [0.05, 0.1) is 23.4 Å². The topological polar surface area (TPSA) is 45.0 Å². The Bertz CT molecular complexity index is 667. The number of halogens is 2. The van der Waals surface area contributed by atoms with E-state index in [4.69, 9.17) is 21.6 Å². The molecule has 0 aliphatic carbocycles. The fraction of sp³-hybridized carbons (Fsp3) is 0.133. The highest BCUT2D eigenvalue weighted by Crippen LogP contribution is 2.29. The highest BCUT2D eigenvalue weighted by atomic mass is 35.5. The van der Waals surface area contributed by atoms with Crippen molar-refractivity contribution >= 4 is 17.3 Å². The highest BCUT2D eigenvalue weighted by molar-refractivity contribution is 6.31. The zero-order chi connectivity index (χ0) is 14.5. The molecule has 0 aliphatic heterocycles. The first kappa shape index (κ1) is 14.2. The molecule has 5 heteroatoms. The van der Waals surface area contributed by atoms with E-state index in [9.17, 15) is 4.39 Å². The lowest BCUT2D eigenvalue weighted by atomic mass is 10.1. The van der Waals surface area contributed by atoms with E-state index < -0.39 is 5.82 Å². The zero-order valence-corrected chi connectivity index (χ0v) is 11.5. The predicted molar refractivity (Wildman–Crippen MR) is 76.4 cm³/mol. The van der Waals surface area contributed by atoms with Crippen molar-refractivity contribution in [3.8, 4) is 11.8 Å². The quantitative estimate of drug-likeness (QED) is 0.926. The fourth-order valence-corrected chi connectivity index (χ4v) is 2.04. The molecule has 0 heterocycles. The van der Waals surface area contributed by atoms with Crippen LogP contribution in [0.4, 0.5) is 10.1 Å². The van der Waals surface area contributed by atoms with Crippen LogP contribution in [-0.2, 0) is 6.54 Å². The van der Waals surface area contributed by atoms with Crippen molar-refractivity contribution in [1.82, 2.24) is 0 Å². The van der Waals surface area contributed by atoms with Gasteiger partial charge in [0.15, 0.2) is 0 Å². The lowest BCUT2D eigenvalue weighted by Gasteiger charge is -2.13. The Balaban J connectivity index is 2.27. The number of nitriles is 1. The van der Waals surface area contributed by atoms with E-state index in [1.807, 2.05) is 0 Å². The van der Waals surface area contributed by atoms with E-state index in [0.29, 0.717) is 29.1 Å². The monoisotopic (exact) mass is 290 g/mol. The summed E-state index contributed by atoms with van der Waals surface area (Å²) in [4.78, 5) is 0. The molecule has 0 aliphatic rings. The summed E-state index contributed by atoms with van der Waals surface area (Å²) in [6.45, 7) is 0.297. The molecule has 0 radical (unpaired) electrons. The van der Waals surface area contributed by atoms with E-state index in [2.05, 4.69) is 11.4 Å². The molecule has 0 saturated carbocycles. The van der Waals surface area contributed by atoms with E-state index in [1.54, 1.807) is 30.3 Å². The third-order valence-electron chi connectivity index (χ3n) is 2.85. The van der Waals surface area contributed by atoms with Crippen molar-refractivity contribution in [1.29, 1.82) is 5.26 Å². The number of nitrogens with one attached hydrogen (secondary N) is 1. The van der Waals surface area contributed by atoms with E-state index in [1.165, 1.54) is 13.2 Å². The highest BCUT2D eigenvalue weighted by Gasteiger charge is 2.10. The van der Waals surface area contributed by atoms with Crippen LogP contribution in [-0.4, -0.2) is 7.11 Å². The maximum absolute atomic E-state index is 13.4. The minimum absolute atomic E-state index is 0.0772. The molecule has 20 heavy (non-hydrogen) atoms. The molecule has 0 atom stereocenters. The van der Waals surface area contributed by atoms with Gasteiger partial charge >= 0.3 is 0 Å². The molecule has 0 saturated heterocycles. The first-order valence-corrected chi connectivity index (χ1v) is 6.29. The van der Waals surface area contributed by atoms with Crippen LogP contribution < -0.4 is 10.1 Å². The van der Waals surface area contributed by atoms with Gasteiger partial charge in [0.2, 0.25) is 0 Å². The van der Waals surface area contributed by atoms with Crippen molar-refractivity contribution in [2.45, 2.75) is 6.54 Å². The molecule has 2 rings (SSSR count). The van der Waals surface area contributed by atoms with E-state index in [-0.39, 0.29) is 5.02 Å². The first-order valence-electron chi connectivity index (χ1n) is 5.91. The average Bonchev–Trinajstić information content (AvgIpc) is 2.48. The van der Waals surface area contributed by atoms with Crippen molar-refractivity contribution in [2.75, 3.05) is 12.4 Å². The summed E-state index contributed by atoms with van der Waals surface area (Å²) in [7, 11) is 1.52. The van der Waals surface area contributed by atoms with Crippen LogP contribution in [0, 0.1) is 17.1 Å². The summed E-state index contributed by atoms with van der Waals surface area (Å²) in [5, 5.41) is 12.2. The van der Waals surface area contributed by atoms with E-state index >= 15 is 0 Å². The lowest BCUT2D eigenvalue weighted by molar-refractivity contribution is 0.416. The Kier molecular flexibility index (Phi) is 4.44. The number of benzene rings is 2. The number of para-hydroxylation sites is 1. The summed E-state index contributed by atoms with van der Waals surface area (Å²) in [6, 6.07) is 11.9. The molecule has 102 valence electrons. The molecule has 2 aromatic carbocycles. The Labute approximate surface area is 121 Å². The predicted octanol–water partition coefficient (Wildman–Crippen LogP) is 3.97. The molecule has 0 aromatic heterocycles. The number of methoxy groups -OCH3 is 1. The molecule has 0 amide bonds. The van der Waals surface area contributed by atoms with Gasteiger partial charge in [-0.05, 0) is 23.8 Å². The minimum atomic E-state index is -0.466. The van der Waals surface area contributed by atoms with Crippen LogP contribution >= 0.6 is 11.6 Å². The minimum Gasteiger partial charge on any atom is -0.495 e. The van der Waals surface area contributed by atoms with Gasteiger partial charge in [-0.1, -0.05) is 29.8 Å². The maximum Gasteiger partial charge on any atom is 0.143 e. The Hall–Kier alpha value is -2.25. The van der Waals surface area contributed by atoms with Crippen LogP contribution in [0.15, 0.2) is 36.4 Å². The molecule has 1 N–H and O–H groups in total. The van der Waals surface area contributed by atoms with E-state index in [0.717, 1.165) is 0 Å². The van der Waals surface area contributed by atoms with Gasteiger partial charge in [-0.3, -0.25) is 0 Å². The number of hydrogen-bond acceptors (Lipinski definition) is 3. The summed E-state index contributed by atoms with van der Waals surface area (Å²) in [5.74, 6) is 0.0862. The van der Waals surface area contributed by atoms with Crippen molar-refractivity contribution in [2.24, 2.45) is 0 Å². The van der Waals surface area contributed by atoms with Gasteiger partial charge in [0.1, 0.15) is 17.6 Å². The SMILES string of the molecule is COc1cccc(C#N)c1NCc1cccc(F)c1Cl. The Morgan fingerprint density at radius 2 is 2.05 bits per heavy atom. The number of anilines is 1. The number of nitrogens with zero attached hydrogens (tertiary/aromatic N) is 1. The van der Waals surface area contributed by atoms with Crippen molar-refractivity contribution in [3.63, 3.8) is 0 Å². The first-order chi connectivity index (χ1) is 9.67. The molecular weight excluding hydrogens is 279 g/mol. The second-order valence-electron chi connectivity index (χ2n) is 4.06. The molecule has 0 bridgehead atoms. The second-order valence-corrected chi connectivity index (χ2v) is 4.44. The maximum atomic E-state index is 13.4. The van der Waals surface area contributed by atoms with Crippen molar-refractivity contribution < 1.29 is 9.13 Å². The molecular formula is C15H12ClFN2O. The average molecular weight is 291 g/mol. The Morgan fingerprint density at radius 1 is 1.30 bits per heavy atom. The standard InChI is InChI=1S/C15H12ClFN2O/c1-20-13-7-3-4-10(8-18)15(13)19-9-11-5-2-6-12(17)14(11)16/h2-7,19H,9H2,1H3. The molecule has 0 fully saturated rings. The molecule has 0 unspecified atom stereocenters. The van der Waals surface area contributed by atoms with Gasteiger partial charge in [-0.15, -0.1) is 0 Å². The van der Waals surface area contributed by atoms with Gasteiger partial charge in [0.25, 0.3) is 0 Å². The summed E-state index contributed by atoms with van der Waals surface area (Å²) < 4.78 is 18.6. The Morgan fingerprint density at radius 3 is 2.75 bits per heavy atom. The third-order valence-corrected chi connectivity index (χ3v) is 3.28. The van der Waals surface area contributed by atoms with Crippen LogP contribution in [0.2, 0.25) is 5.02 Å².